The van der Waals surface area contributed by atoms with Crippen molar-refractivity contribution >= 4 is 33.4 Å². The summed E-state index contributed by atoms with van der Waals surface area (Å²) in [4.78, 5) is 28.3. The molecule has 2 unspecified atom stereocenters. The maximum absolute atomic E-state index is 12.8. The first kappa shape index (κ1) is 18.3. The molecule has 0 saturated heterocycles. The predicted molar refractivity (Wildman–Crippen MR) is 104 cm³/mol. The second kappa shape index (κ2) is 7.89. The Hall–Kier alpha value is -3.07. The van der Waals surface area contributed by atoms with E-state index in [2.05, 4.69) is 21.7 Å². The van der Waals surface area contributed by atoms with Crippen LogP contribution in [0.25, 0.3) is 10.2 Å². The third kappa shape index (κ3) is 3.94. The summed E-state index contributed by atoms with van der Waals surface area (Å²) in [6.07, 6.45) is 7.13. The number of fused-ring (bicyclic) bond motifs is 1. The van der Waals surface area contributed by atoms with Crippen molar-refractivity contribution in [2.24, 2.45) is 5.92 Å². The number of allylic oxidation sites excluding steroid dienone is 2. The minimum absolute atomic E-state index is 0.0464. The number of carbonyl (C=O) groups excluding carboxylic acids is 1. The molecule has 2 aromatic heterocycles. The van der Waals surface area contributed by atoms with Crippen LogP contribution < -0.4 is 5.32 Å². The van der Waals surface area contributed by atoms with Crippen LogP contribution in [0.1, 0.15) is 29.5 Å². The number of carboxylic acid groups (broad SMARTS) is 1. The summed E-state index contributed by atoms with van der Waals surface area (Å²) < 4.78 is 2.36. The smallest absolute Gasteiger partial charge is 0.325 e. The summed E-state index contributed by atoms with van der Waals surface area (Å²) in [5, 5.41) is 20.3. The van der Waals surface area contributed by atoms with E-state index in [0.717, 1.165) is 21.6 Å². The molecule has 2 N–H and O–H groups in total. The highest BCUT2D eigenvalue weighted by Gasteiger charge is 2.32. The number of aliphatic carboxylic acids is 1. The second-order valence-electron chi connectivity index (χ2n) is 6.69. The van der Waals surface area contributed by atoms with Crippen molar-refractivity contribution in [1.82, 2.24) is 25.3 Å². The van der Waals surface area contributed by atoms with Gasteiger partial charge in [-0.25, -0.2) is 9.67 Å². The predicted octanol–water partition coefficient (Wildman–Crippen LogP) is 2.34. The number of thiazole rings is 1. The third-order valence-corrected chi connectivity index (χ3v) is 5.89. The van der Waals surface area contributed by atoms with Gasteiger partial charge >= 0.3 is 5.97 Å². The van der Waals surface area contributed by atoms with Gasteiger partial charge in [-0.05, 0) is 25.0 Å². The van der Waals surface area contributed by atoms with E-state index in [1.807, 2.05) is 30.3 Å². The van der Waals surface area contributed by atoms with E-state index in [0.29, 0.717) is 12.1 Å². The zero-order valence-corrected chi connectivity index (χ0v) is 15.8. The molecule has 1 aliphatic rings. The maximum Gasteiger partial charge on any atom is 0.325 e. The molecule has 0 bridgehead atoms. The fourth-order valence-corrected chi connectivity index (χ4v) is 4.52. The first-order valence-electron chi connectivity index (χ1n) is 8.99. The molecule has 0 radical (unpaired) electrons. The topological polar surface area (TPSA) is 110 Å². The van der Waals surface area contributed by atoms with Crippen LogP contribution >= 0.6 is 11.3 Å². The average Bonchev–Trinajstić information content (AvgIpc) is 3.32. The fourth-order valence-electron chi connectivity index (χ4n) is 3.37. The molecule has 0 saturated carbocycles. The van der Waals surface area contributed by atoms with E-state index in [1.54, 1.807) is 11.3 Å². The molecular weight excluding hydrogens is 378 g/mol. The molecule has 4 rings (SSSR count). The van der Waals surface area contributed by atoms with Crippen molar-refractivity contribution in [1.29, 1.82) is 0 Å². The molecule has 0 aliphatic heterocycles. The number of hydrogen-bond donors (Lipinski definition) is 2. The summed E-state index contributed by atoms with van der Waals surface area (Å²) in [7, 11) is 0. The van der Waals surface area contributed by atoms with E-state index >= 15 is 0 Å². The van der Waals surface area contributed by atoms with Crippen molar-refractivity contribution in [3.63, 3.8) is 0 Å². The molecule has 8 nitrogen and oxygen atoms in total. The third-order valence-electron chi connectivity index (χ3n) is 4.72. The first-order chi connectivity index (χ1) is 13.6. The van der Waals surface area contributed by atoms with Crippen LogP contribution in [-0.4, -0.2) is 37.0 Å². The molecule has 144 valence electrons. The quantitative estimate of drug-likeness (QED) is 0.618. The maximum atomic E-state index is 12.8. The van der Waals surface area contributed by atoms with Gasteiger partial charge in [0.2, 0.25) is 5.91 Å². The van der Waals surface area contributed by atoms with Crippen LogP contribution in [0.2, 0.25) is 0 Å². The minimum atomic E-state index is -0.992. The molecule has 1 aliphatic carbocycles. The highest BCUT2D eigenvalue weighted by atomic mass is 32.1. The van der Waals surface area contributed by atoms with Gasteiger partial charge < -0.3 is 10.4 Å². The molecular formula is C19H19N5O3S. The van der Waals surface area contributed by atoms with Crippen LogP contribution in [0.5, 0.6) is 0 Å². The van der Waals surface area contributed by atoms with Crippen LogP contribution in [0.15, 0.2) is 42.6 Å². The molecule has 3 aromatic rings. The molecule has 28 heavy (non-hydrogen) atoms. The summed E-state index contributed by atoms with van der Waals surface area (Å²) in [6.45, 7) is -0.0424. The van der Waals surface area contributed by atoms with Gasteiger partial charge in [0.05, 0.1) is 33.9 Å². The number of hydrogen-bond acceptors (Lipinski definition) is 6. The lowest BCUT2D eigenvalue weighted by atomic mass is 9.82. The molecule has 1 amide bonds. The van der Waals surface area contributed by atoms with E-state index in [-0.39, 0.29) is 30.8 Å². The van der Waals surface area contributed by atoms with E-state index < -0.39 is 5.97 Å². The van der Waals surface area contributed by atoms with Crippen LogP contribution in [0.4, 0.5) is 0 Å². The first-order valence-corrected chi connectivity index (χ1v) is 9.81. The van der Waals surface area contributed by atoms with Crippen molar-refractivity contribution in [3.05, 3.63) is 53.3 Å². The fraction of sp³-hybridized carbons (Fsp3) is 0.316. The van der Waals surface area contributed by atoms with Gasteiger partial charge in [0.1, 0.15) is 12.2 Å². The number of carboxylic acids is 1. The van der Waals surface area contributed by atoms with E-state index in [1.165, 1.54) is 10.9 Å². The van der Waals surface area contributed by atoms with Crippen molar-refractivity contribution in [2.45, 2.75) is 31.8 Å². The average molecular weight is 397 g/mol. The number of amides is 1. The molecule has 0 fully saturated rings. The Labute approximate surface area is 164 Å². The monoisotopic (exact) mass is 397 g/mol. The lowest BCUT2D eigenvalue weighted by Gasteiger charge is -2.25. The Bertz CT molecular complexity index is 1010. The molecule has 2 heterocycles. The Balaban J connectivity index is 1.45. The van der Waals surface area contributed by atoms with Gasteiger partial charge in [-0.15, -0.1) is 16.4 Å². The highest BCUT2D eigenvalue weighted by molar-refractivity contribution is 7.18. The van der Waals surface area contributed by atoms with Gasteiger partial charge in [0.25, 0.3) is 0 Å². The van der Waals surface area contributed by atoms with E-state index in [9.17, 15) is 9.59 Å². The Morgan fingerprint density at radius 1 is 1.25 bits per heavy atom. The number of carbonyl (C=O) groups is 2. The summed E-state index contributed by atoms with van der Waals surface area (Å²) in [6, 6.07) is 8.00. The van der Waals surface area contributed by atoms with Crippen molar-refractivity contribution in [2.75, 3.05) is 0 Å². The number of aromatic nitrogens is 4. The normalized spacial score (nSPS) is 19.0. The van der Waals surface area contributed by atoms with Gasteiger partial charge in [0, 0.05) is 5.92 Å². The minimum Gasteiger partial charge on any atom is -0.480 e. The zero-order valence-electron chi connectivity index (χ0n) is 15.0. The number of nitrogens with one attached hydrogen (secondary N) is 1. The zero-order chi connectivity index (χ0) is 19.5. The molecule has 2 atom stereocenters. The number of nitrogens with zero attached hydrogens (tertiary/aromatic N) is 4. The summed E-state index contributed by atoms with van der Waals surface area (Å²) in [5.41, 5.74) is 1.49. The van der Waals surface area contributed by atoms with Gasteiger partial charge in [-0.1, -0.05) is 29.5 Å². The van der Waals surface area contributed by atoms with Gasteiger partial charge in [-0.2, -0.15) is 0 Å². The summed E-state index contributed by atoms with van der Waals surface area (Å²) >= 11 is 1.64. The second-order valence-corrected chi connectivity index (χ2v) is 7.76. The molecule has 0 spiro atoms. The van der Waals surface area contributed by atoms with Gasteiger partial charge in [0.15, 0.2) is 0 Å². The summed E-state index contributed by atoms with van der Waals surface area (Å²) in [5.74, 6) is -1.20. The Morgan fingerprint density at radius 2 is 2.07 bits per heavy atom. The lowest BCUT2D eigenvalue weighted by Crippen LogP contribution is -2.34. The van der Waals surface area contributed by atoms with Crippen LogP contribution in [0.3, 0.4) is 0 Å². The van der Waals surface area contributed by atoms with Crippen molar-refractivity contribution < 1.29 is 14.7 Å². The van der Waals surface area contributed by atoms with Crippen LogP contribution in [-0.2, 0) is 22.7 Å². The lowest BCUT2D eigenvalue weighted by molar-refractivity contribution is -0.138. The van der Waals surface area contributed by atoms with E-state index in [4.69, 9.17) is 10.1 Å². The number of benzene rings is 1. The number of rotatable bonds is 6. The van der Waals surface area contributed by atoms with Crippen molar-refractivity contribution in [3.8, 4) is 0 Å². The molecule has 9 heteroatoms. The largest absolute Gasteiger partial charge is 0.480 e. The van der Waals surface area contributed by atoms with Gasteiger partial charge in [-0.3, -0.25) is 9.59 Å². The Kier molecular flexibility index (Phi) is 5.16. The highest BCUT2D eigenvalue weighted by Crippen LogP contribution is 2.38. The number of para-hydroxylation sites is 1. The molecule has 1 aromatic carbocycles. The Morgan fingerprint density at radius 3 is 2.89 bits per heavy atom. The SMILES string of the molecule is O=C(O)Cn1cc(CNC(=O)C2CC=CCC2c2nc3ccccc3s2)nn1. The standard InChI is InChI=1S/C19H19N5O3S/c25-17(26)11-24-10-12(22-23-24)9-20-18(27)13-5-1-2-6-14(13)19-21-15-7-3-4-8-16(15)28-19/h1-4,7-8,10,13-14H,5-6,9,11H2,(H,20,27)(H,25,26). The van der Waals surface area contributed by atoms with Crippen LogP contribution in [0, 0.1) is 5.92 Å².